The van der Waals surface area contributed by atoms with Crippen LogP contribution < -0.4 is 5.32 Å². The monoisotopic (exact) mass is 255 g/mol. The van der Waals surface area contributed by atoms with Gasteiger partial charge in [0.25, 0.3) is 0 Å². The Balaban J connectivity index is 2.40. The molecule has 1 heterocycles. The van der Waals surface area contributed by atoms with Crippen LogP contribution in [0.15, 0.2) is 17.5 Å². The predicted octanol–water partition coefficient (Wildman–Crippen LogP) is 2.37. The molecule has 0 aromatic carbocycles. The van der Waals surface area contributed by atoms with E-state index in [0.717, 1.165) is 11.3 Å². The summed E-state index contributed by atoms with van der Waals surface area (Å²) in [5.41, 5.74) is 0. The molecule has 2 N–H and O–H groups in total. The summed E-state index contributed by atoms with van der Waals surface area (Å²) in [4.78, 5) is 12.9. The molecule has 17 heavy (non-hydrogen) atoms. The van der Waals surface area contributed by atoms with Crippen LogP contribution in [0, 0.1) is 5.92 Å². The van der Waals surface area contributed by atoms with Crippen LogP contribution in [0.5, 0.6) is 0 Å². The normalized spacial score (nSPS) is 16.2. The zero-order valence-electron chi connectivity index (χ0n) is 10.6. The second-order valence-corrected chi connectivity index (χ2v) is 5.41. The number of nitrogens with one attached hydrogen (secondary N) is 1. The average Bonchev–Trinajstić information content (AvgIpc) is 2.87. The van der Waals surface area contributed by atoms with Crippen LogP contribution in [0.25, 0.3) is 0 Å². The van der Waals surface area contributed by atoms with Crippen LogP contribution in [-0.4, -0.2) is 23.7 Å². The first-order valence-electron chi connectivity index (χ1n) is 6.05. The molecule has 1 aromatic rings. The third-order valence-electron chi connectivity index (χ3n) is 3.15. The van der Waals surface area contributed by atoms with Crippen molar-refractivity contribution in [2.24, 2.45) is 5.92 Å². The van der Waals surface area contributed by atoms with Crippen molar-refractivity contribution < 1.29 is 9.90 Å². The summed E-state index contributed by atoms with van der Waals surface area (Å²) < 4.78 is 0. The fourth-order valence-corrected chi connectivity index (χ4v) is 2.28. The molecule has 1 aromatic heterocycles. The zero-order chi connectivity index (χ0) is 12.8. The van der Waals surface area contributed by atoms with E-state index < -0.39 is 6.10 Å². The van der Waals surface area contributed by atoms with Crippen LogP contribution >= 0.6 is 11.3 Å². The van der Waals surface area contributed by atoms with Crippen molar-refractivity contribution >= 4 is 17.2 Å². The summed E-state index contributed by atoms with van der Waals surface area (Å²) in [5, 5.41) is 14.5. The van der Waals surface area contributed by atoms with Crippen molar-refractivity contribution in [1.29, 1.82) is 0 Å². The van der Waals surface area contributed by atoms with Crippen LogP contribution in [0.2, 0.25) is 0 Å². The zero-order valence-corrected chi connectivity index (χ0v) is 11.5. The molecule has 0 aliphatic rings. The largest absolute Gasteiger partial charge is 0.391 e. The van der Waals surface area contributed by atoms with Crippen molar-refractivity contribution in [2.75, 3.05) is 6.54 Å². The fraction of sp³-hybridized carbons (Fsp3) is 0.615. The van der Waals surface area contributed by atoms with Crippen molar-refractivity contribution in [3.05, 3.63) is 22.4 Å². The van der Waals surface area contributed by atoms with Gasteiger partial charge in [0.1, 0.15) is 0 Å². The molecule has 3 atom stereocenters. The Hall–Kier alpha value is -0.870. The Morgan fingerprint density at radius 2 is 2.24 bits per heavy atom. The highest BCUT2D eigenvalue weighted by atomic mass is 32.1. The van der Waals surface area contributed by atoms with Crippen molar-refractivity contribution in [3.8, 4) is 0 Å². The van der Waals surface area contributed by atoms with Gasteiger partial charge >= 0.3 is 0 Å². The van der Waals surface area contributed by atoms with Crippen LogP contribution in [0.4, 0.5) is 0 Å². The maximum atomic E-state index is 11.8. The van der Waals surface area contributed by atoms with Gasteiger partial charge in [-0.05, 0) is 24.3 Å². The van der Waals surface area contributed by atoms with Crippen molar-refractivity contribution in [2.45, 2.75) is 39.2 Å². The number of hydrogen-bond acceptors (Lipinski definition) is 3. The second kappa shape index (κ2) is 6.77. The number of amides is 1. The number of hydrogen-bond donors (Lipinski definition) is 2. The SMILES string of the molecule is CCC(C)C(O)CNC(=O)C(C)c1cccs1. The lowest BCUT2D eigenvalue weighted by Gasteiger charge is -2.18. The van der Waals surface area contributed by atoms with E-state index in [1.165, 1.54) is 0 Å². The van der Waals surface area contributed by atoms with Crippen molar-refractivity contribution in [3.63, 3.8) is 0 Å². The Morgan fingerprint density at radius 3 is 2.76 bits per heavy atom. The minimum absolute atomic E-state index is 0.0187. The minimum atomic E-state index is -0.459. The van der Waals surface area contributed by atoms with Crippen LogP contribution in [-0.2, 0) is 4.79 Å². The van der Waals surface area contributed by atoms with Gasteiger partial charge in [0, 0.05) is 11.4 Å². The molecule has 0 spiro atoms. The van der Waals surface area contributed by atoms with E-state index in [1.807, 2.05) is 38.3 Å². The molecular weight excluding hydrogens is 234 g/mol. The molecule has 96 valence electrons. The van der Waals surface area contributed by atoms with Gasteiger partial charge in [-0.3, -0.25) is 4.79 Å². The summed E-state index contributed by atoms with van der Waals surface area (Å²) in [6.45, 7) is 6.24. The highest BCUT2D eigenvalue weighted by molar-refractivity contribution is 7.10. The number of rotatable bonds is 6. The second-order valence-electron chi connectivity index (χ2n) is 4.44. The first-order chi connectivity index (χ1) is 8.06. The molecule has 0 saturated heterocycles. The van der Waals surface area contributed by atoms with Crippen LogP contribution in [0.1, 0.15) is 38.0 Å². The molecule has 3 nitrogen and oxygen atoms in total. The minimum Gasteiger partial charge on any atom is -0.391 e. The molecule has 0 saturated carbocycles. The molecule has 4 heteroatoms. The van der Waals surface area contributed by atoms with Gasteiger partial charge in [0.05, 0.1) is 12.0 Å². The van der Waals surface area contributed by atoms with Gasteiger partial charge in [0.2, 0.25) is 5.91 Å². The first-order valence-corrected chi connectivity index (χ1v) is 6.93. The molecule has 0 fully saturated rings. The van der Waals surface area contributed by atoms with Gasteiger partial charge < -0.3 is 10.4 Å². The highest BCUT2D eigenvalue weighted by Gasteiger charge is 2.18. The summed E-state index contributed by atoms with van der Waals surface area (Å²) >= 11 is 1.58. The van der Waals surface area contributed by atoms with E-state index in [2.05, 4.69) is 5.32 Å². The number of carbonyl (C=O) groups excluding carboxylic acids is 1. The lowest BCUT2D eigenvalue weighted by molar-refractivity contribution is -0.122. The standard InChI is InChI=1S/C13H21NO2S/c1-4-9(2)11(15)8-14-13(16)10(3)12-6-5-7-17-12/h5-7,9-11,15H,4,8H2,1-3H3,(H,14,16). The number of aliphatic hydroxyl groups excluding tert-OH is 1. The molecule has 1 rings (SSSR count). The summed E-state index contributed by atoms with van der Waals surface area (Å²) in [6, 6.07) is 3.90. The highest BCUT2D eigenvalue weighted by Crippen LogP contribution is 2.20. The molecular formula is C13H21NO2S. The van der Waals surface area contributed by atoms with Gasteiger partial charge in [-0.25, -0.2) is 0 Å². The number of carbonyl (C=O) groups is 1. The Kier molecular flexibility index (Phi) is 5.65. The third kappa shape index (κ3) is 4.13. The molecule has 1 amide bonds. The Labute approximate surface area is 107 Å². The topological polar surface area (TPSA) is 49.3 Å². The van der Waals surface area contributed by atoms with E-state index in [9.17, 15) is 9.90 Å². The van der Waals surface area contributed by atoms with Gasteiger partial charge in [0.15, 0.2) is 0 Å². The number of aliphatic hydroxyl groups is 1. The Bertz CT molecular complexity index is 337. The lowest BCUT2D eigenvalue weighted by Crippen LogP contribution is -2.37. The van der Waals surface area contributed by atoms with Crippen molar-refractivity contribution in [1.82, 2.24) is 5.32 Å². The third-order valence-corrected chi connectivity index (χ3v) is 4.20. The average molecular weight is 255 g/mol. The fourth-order valence-electron chi connectivity index (χ4n) is 1.50. The lowest BCUT2D eigenvalue weighted by atomic mass is 10.0. The first kappa shape index (κ1) is 14.2. The van der Waals surface area contributed by atoms with Gasteiger partial charge in [-0.15, -0.1) is 11.3 Å². The van der Waals surface area contributed by atoms with E-state index >= 15 is 0 Å². The maximum Gasteiger partial charge on any atom is 0.228 e. The molecule has 0 aliphatic carbocycles. The smallest absolute Gasteiger partial charge is 0.228 e. The predicted molar refractivity (Wildman–Crippen MR) is 71.2 cm³/mol. The van der Waals surface area contributed by atoms with E-state index in [1.54, 1.807) is 11.3 Å². The Morgan fingerprint density at radius 1 is 1.53 bits per heavy atom. The molecule has 0 aliphatic heterocycles. The quantitative estimate of drug-likeness (QED) is 0.820. The summed E-state index contributed by atoms with van der Waals surface area (Å²) in [6.07, 6.45) is 0.455. The maximum absolute atomic E-state index is 11.8. The number of thiophene rings is 1. The van der Waals surface area contributed by atoms with E-state index in [0.29, 0.717) is 6.54 Å². The summed E-state index contributed by atoms with van der Waals surface area (Å²) in [5.74, 6) is 0.0567. The van der Waals surface area contributed by atoms with Crippen LogP contribution in [0.3, 0.4) is 0 Å². The summed E-state index contributed by atoms with van der Waals surface area (Å²) in [7, 11) is 0. The molecule has 0 bridgehead atoms. The van der Waals surface area contributed by atoms with Gasteiger partial charge in [-0.1, -0.05) is 26.3 Å². The molecule has 0 radical (unpaired) electrons. The molecule has 3 unspecified atom stereocenters. The van der Waals surface area contributed by atoms with E-state index in [-0.39, 0.29) is 17.7 Å². The van der Waals surface area contributed by atoms with Gasteiger partial charge in [-0.2, -0.15) is 0 Å². The van der Waals surface area contributed by atoms with E-state index in [4.69, 9.17) is 0 Å².